The van der Waals surface area contributed by atoms with Crippen LogP contribution in [-0.4, -0.2) is 27.2 Å². The summed E-state index contributed by atoms with van der Waals surface area (Å²) in [5.41, 5.74) is 1.69. The third kappa shape index (κ3) is 15.1. The van der Waals surface area contributed by atoms with Crippen molar-refractivity contribution in [3.63, 3.8) is 0 Å². The van der Waals surface area contributed by atoms with Gasteiger partial charge in [-0.3, -0.25) is 0 Å². The van der Waals surface area contributed by atoms with E-state index >= 15 is 0 Å². The Balaban J connectivity index is 1.94. The molecular formula is C32H59NO2Si. The van der Waals surface area contributed by atoms with E-state index in [9.17, 15) is 4.79 Å². The molecule has 4 heteroatoms. The zero-order valence-electron chi connectivity index (χ0n) is 24.5. The number of anilines is 1. The molecule has 0 radical (unpaired) electrons. The van der Waals surface area contributed by atoms with Gasteiger partial charge in [-0.15, -0.1) is 0 Å². The van der Waals surface area contributed by atoms with Gasteiger partial charge < -0.3 is 10.1 Å². The predicted octanol–water partition coefficient (Wildman–Crippen LogP) is 10.6. The van der Waals surface area contributed by atoms with Gasteiger partial charge in [0.15, 0.2) is 0 Å². The zero-order valence-corrected chi connectivity index (χ0v) is 25.5. The number of ether oxygens (including phenoxy) is 1. The maximum absolute atomic E-state index is 11.7. The fourth-order valence-electron chi connectivity index (χ4n) is 5.91. The number of carbonyl (C=O) groups is 1. The molecule has 0 atom stereocenters. The first-order chi connectivity index (χ1) is 17.6. The van der Waals surface area contributed by atoms with E-state index in [0.717, 1.165) is 12.2 Å². The van der Waals surface area contributed by atoms with Gasteiger partial charge in [0, 0.05) is 12.2 Å². The monoisotopic (exact) mass is 517 g/mol. The van der Waals surface area contributed by atoms with Gasteiger partial charge in [0.25, 0.3) is 0 Å². The van der Waals surface area contributed by atoms with Gasteiger partial charge in [0.05, 0.1) is 20.2 Å². The molecule has 0 saturated heterocycles. The molecule has 0 spiro atoms. The van der Waals surface area contributed by atoms with Crippen LogP contribution >= 0.6 is 0 Å². The third-order valence-electron chi connectivity index (χ3n) is 7.70. The van der Waals surface area contributed by atoms with Crippen LogP contribution in [0, 0.1) is 0 Å². The first-order valence-electron chi connectivity index (χ1n) is 15.6. The summed E-state index contributed by atoms with van der Waals surface area (Å²) in [5, 5.41) is 3.46. The van der Waals surface area contributed by atoms with Crippen molar-refractivity contribution in [2.45, 2.75) is 148 Å². The maximum atomic E-state index is 11.7. The average molecular weight is 518 g/mol. The van der Waals surface area contributed by atoms with Gasteiger partial charge in [-0.25, -0.2) is 4.79 Å². The Morgan fingerprint density at radius 3 is 1.53 bits per heavy atom. The number of nitrogens with one attached hydrogen (secondary N) is 1. The highest BCUT2D eigenvalue weighted by atomic mass is 28.3. The van der Waals surface area contributed by atoms with Crippen molar-refractivity contribution in [1.29, 1.82) is 0 Å². The van der Waals surface area contributed by atoms with Crippen LogP contribution < -0.4 is 5.32 Å². The second-order valence-electron chi connectivity index (χ2n) is 11.0. The van der Waals surface area contributed by atoms with Crippen LogP contribution in [0.1, 0.15) is 134 Å². The van der Waals surface area contributed by atoms with Crippen molar-refractivity contribution in [1.82, 2.24) is 0 Å². The minimum Gasteiger partial charge on any atom is -0.462 e. The van der Waals surface area contributed by atoms with Gasteiger partial charge >= 0.3 is 5.97 Å². The Kier molecular flexibility index (Phi) is 19.8. The quantitative estimate of drug-likeness (QED) is 0.0841. The average Bonchev–Trinajstić information content (AvgIpc) is 2.87. The Hall–Kier alpha value is -1.29. The number of hydrogen-bond acceptors (Lipinski definition) is 3. The van der Waals surface area contributed by atoms with Crippen LogP contribution in [0.25, 0.3) is 0 Å². The second kappa shape index (κ2) is 21.8. The lowest BCUT2D eigenvalue weighted by Crippen LogP contribution is -2.33. The molecule has 0 heterocycles. The summed E-state index contributed by atoms with van der Waals surface area (Å²) < 4.78 is 5.03. The molecule has 1 N–H and O–H groups in total. The summed E-state index contributed by atoms with van der Waals surface area (Å²) >= 11 is 0. The molecule has 0 aliphatic heterocycles. The molecule has 3 nitrogen and oxygen atoms in total. The molecule has 0 aromatic heterocycles. The van der Waals surface area contributed by atoms with Crippen LogP contribution in [0.2, 0.25) is 24.2 Å². The highest BCUT2D eigenvalue weighted by Gasteiger charge is 2.28. The Morgan fingerprint density at radius 2 is 1.08 bits per heavy atom. The summed E-state index contributed by atoms with van der Waals surface area (Å²) in [6.07, 6.45) is 21.1. The molecule has 0 amide bonds. The van der Waals surface area contributed by atoms with Crippen LogP contribution in [0.4, 0.5) is 5.69 Å². The molecule has 0 unspecified atom stereocenters. The van der Waals surface area contributed by atoms with Crippen molar-refractivity contribution in [3.05, 3.63) is 29.8 Å². The summed E-state index contributed by atoms with van der Waals surface area (Å²) in [6, 6.07) is 14.0. The van der Waals surface area contributed by atoms with Gasteiger partial charge in [-0.05, 0) is 37.6 Å². The lowest BCUT2D eigenvalue weighted by atomic mass is 10.1. The topological polar surface area (TPSA) is 38.3 Å². The Bertz CT molecular complexity index is 629. The number of rotatable bonds is 24. The second-order valence-corrected chi connectivity index (χ2v) is 16.0. The van der Waals surface area contributed by atoms with Gasteiger partial charge in [0.2, 0.25) is 0 Å². The van der Waals surface area contributed by atoms with Crippen LogP contribution in [0.3, 0.4) is 0 Å². The summed E-state index contributed by atoms with van der Waals surface area (Å²) in [4.78, 5) is 11.7. The molecule has 0 fully saturated rings. The zero-order chi connectivity index (χ0) is 26.3. The number of benzene rings is 1. The van der Waals surface area contributed by atoms with E-state index in [-0.39, 0.29) is 5.97 Å². The molecule has 1 aromatic rings. The highest BCUT2D eigenvalue weighted by molar-refractivity contribution is 6.79. The van der Waals surface area contributed by atoms with E-state index in [1.807, 2.05) is 31.2 Å². The molecule has 0 bridgehead atoms. The molecular weight excluding hydrogens is 458 g/mol. The van der Waals surface area contributed by atoms with E-state index in [1.54, 1.807) is 24.2 Å². The summed E-state index contributed by atoms with van der Waals surface area (Å²) in [5.74, 6) is -0.246. The number of unbranched alkanes of at least 4 members (excludes halogenated alkanes) is 11. The van der Waals surface area contributed by atoms with E-state index in [4.69, 9.17) is 4.74 Å². The van der Waals surface area contributed by atoms with Gasteiger partial charge in [0.1, 0.15) is 0 Å². The van der Waals surface area contributed by atoms with Crippen molar-refractivity contribution in [3.8, 4) is 0 Å². The molecule has 1 aromatic carbocycles. The molecule has 0 aliphatic carbocycles. The van der Waals surface area contributed by atoms with E-state index in [0.29, 0.717) is 12.2 Å². The van der Waals surface area contributed by atoms with Crippen molar-refractivity contribution >= 4 is 19.7 Å². The standard InChI is InChI=1S/C32H59NO2Si/c1-5-26-36(27-6-2,28-7-3)29-20-18-16-14-12-10-9-11-13-15-17-19-25-33-31-23-21-30(22-24-31)32(34)35-8-4/h21-24,33H,5-20,25-29H2,1-4H3. The van der Waals surface area contributed by atoms with E-state index in [1.165, 1.54) is 96.3 Å². The van der Waals surface area contributed by atoms with Gasteiger partial charge in [-0.2, -0.15) is 0 Å². The Morgan fingerprint density at radius 1 is 0.639 bits per heavy atom. The largest absolute Gasteiger partial charge is 0.462 e. The number of carbonyl (C=O) groups excluding carboxylic acids is 1. The lowest BCUT2D eigenvalue weighted by Gasteiger charge is -2.31. The molecule has 0 aliphatic rings. The van der Waals surface area contributed by atoms with Crippen molar-refractivity contribution < 1.29 is 9.53 Å². The van der Waals surface area contributed by atoms with Crippen molar-refractivity contribution in [2.75, 3.05) is 18.5 Å². The molecule has 36 heavy (non-hydrogen) atoms. The minimum atomic E-state index is -0.944. The predicted molar refractivity (Wildman–Crippen MR) is 162 cm³/mol. The SMILES string of the molecule is CCC[Si](CCC)(CCC)CCCCCCCCCCCCCCNc1ccc(C(=O)OCC)cc1. The minimum absolute atomic E-state index is 0.246. The number of esters is 1. The summed E-state index contributed by atoms with van der Waals surface area (Å²) in [7, 11) is -0.944. The fraction of sp³-hybridized carbons (Fsp3) is 0.781. The summed E-state index contributed by atoms with van der Waals surface area (Å²) in [6.45, 7) is 10.5. The fourth-order valence-corrected chi connectivity index (χ4v) is 11.6. The highest BCUT2D eigenvalue weighted by Crippen LogP contribution is 2.32. The van der Waals surface area contributed by atoms with Crippen LogP contribution in [0.5, 0.6) is 0 Å². The number of hydrogen-bond donors (Lipinski definition) is 1. The third-order valence-corrected chi connectivity index (χ3v) is 13.8. The first-order valence-corrected chi connectivity index (χ1v) is 18.4. The van der Waals surface area contributed by atoms with Crippen LogP contribution in [-0.2, 0) is 4.74 Å². The molecule has 208 valence electrons. The molecule has 0 saturated carbocycles. The normalized spacial score (nSPS) is 11.6. The Labute approximate surface area is 225 Å². The van der Waals surface area contributed by atoms with Crippen LogP contribution in [0.15, 0.2) is 24.3 Å². The van der Waals surface area contributed by atoms with E-state index < -0.39 is 8.07 Å². The maximum Gasteiger partial charge on any atom is 0.338 e. The van der Waals surface area contributed by atoms with E-state index in [2.05, 4.69) is 26.1 Å². The van der Waals surface area contributed by atoms with Crippen molar-refractivity contribution in [2.24, 2.45) is 0 Å². The molecule has 1 rings (SSSR count). The first kappa shape index (κ1) is 32.7. The van der Waals surface area contributed by atoms with Gasteiger partial charge in [-0.1, -0.05) is 135 Å². The lowest BCUT2D eigenvalue weighted by molar-refractivity contribution is 0.0526. The smallest absolute Gasteiger partial charge is 0.338 e.